The van der Waals surface area contributed by atoms with Gasteiger partial charge in [0.1, 0.15) is 5.75 Å². The van der Waals surface area contributed by atoms with Crippen molar-refractivity contribution in [3.8, 4) is 5.75 Å². The Balaban J connectivity index is 1.64. The third-order valence-electron chi connectivity index (χ3n) is 4.73. The van der Waals surface area contributed by atoms with Crippen LogP contribution in [-0.4, -0.2) is 53.1 Å². The third kappa shape index (κ3) is 6.13. The molecule has 0 spiro atoms. The first-order chi connectivity index (χ1) is 13.8. The van der Waals surface area contributed by atoms with Gasteiger partial charge in [0.05, 0.1) is 12.7 Å². The first-order valence-electron chi connectivity index (χ1n) is 9.64. The maximum Gasteiger partial charge on any atom is 0.422 e. The van der Waals surface area contributed by atoms with Gasteiger partial charge in [0.15, 0.2) is 12.6 Å². The molecule has 1 aliphatic rings. The van der Waals surface area contributed by atoms with Gasteiger partial charge in [-0.2, -0.15) is 18.3 Å². The van der Waals surface area contributed by atoms with E-state index < -0.39 is 12.8 Å². The van der Waals surface area contributed by atoms with Crippen LogP contribution in [0.1, 0.15) is 30.4 Å². The number of nitrogens with zero attached hydrogens (tertiary/aromatic N) is 4. The second-order valence-electron chi connectivity index (χ2n) is 7.10. The minimum absolute atomic E-state index is 0.192. The van der Waals surface area contributed by atoms with Crippen molar-refractivity contribution in [3.05, 3.63) is 47.8 Å². The van der Waals surface area contributed by atoms with Crippen molar-refractivity contribution in [1.29, 1.82) is 0 Å². The molecule has 0 radical (unpaired) electrons. The van der Waals surface area contributed by atoms with Crippen LogP contribution in [0.3, 0.4) is 0 Å². The zero-order valence-corrected chi connectivity index (χ0v) is 16.6. The number of rotatable bonds is 6. The molecule has 1 aromatic heterocycles. The van der Waals surface area contributed by atoms with Crippen LogP contribution in [0.5, 0.6) is 5.75 Å². The van der Waals surface area contributed by atoms with Gasteiger partial charge in [-0.05, 0) is 36.6 Å². The molecule has 1 aliphatic heterocycles. The Morgan fingerprint density at radius 3 is 2.90 bits per heavy atom. The van der Waals surface area contributed by atoms with Crippen LogP contribution < -0.4 is 10.1 Å². The van der Waals surface area contributed by atoms with Gasteiger partial charge in [0.25, 0.3) is 0 Å². The zero-order valence-electron chi connectivity index (χ0n) is 16.6. The monoisotopic (exact) mass is 409 g/mol. The van der Waals surface area contributed by atoms with Gasteiger partial charge in [0, 0.05) is 38.8 Å². The highest BCUT2D eigenvalue weighted by molar-refractivity contribution is 5.80. The molecule has 9 heteroatoms. The number of hydrogen-bond donors (Lipinski definition) is 1. The van der Waals surface area contributed by atoms with Gasteiger partial charge in [-0.25, -0.2) is 4.99 Å². The maximum absolute atomic E-state index is 12.3. The number of ether oxygens (including phenoxy) is 1. The van der Waals surface area contributed by atoms with Crippen molar-refractivity contribution < 1.29 is 17.9 Å². The number of likely N-dealkylation sites (tertiary alicyclic amines) is 1. The standard InChI is InChI=1S/C20H26F3N5O/c1-3-24-19(28-8-7-16(13-28)17-11-26-27(2)12-17)25-10-15-5-4-6-18(9-15)29-14-20(21,22)23/h4-6,9,11-12,16H,3,7-8,10,13-14H2,1-2H3,(H,24,25). The molecule has 0 aliphatic carbocycles. The third-order valence-corrected chi connectivity index (χ3v) is 4.73. The normalized spacial score (nSPS) is 17.6. The number of aryl methyl sites for hydroxylation is 1. The molecule has 0 bridgehead atoms. The summed E-state index contributed by atoms with van der Waals surface area (Å²) in [7, 11) is 1.91. The van der Waals surface area contributed by atoms with Gasteiger partial charge < -0.3 is 15.0 Å². The van der Waals surface area contributed by atoms with Crippen molar-refractivity contribution in [2.45, 2.75) is 32.0 Å². The van der Waals surface area contributed by atoms with E-state index in [1.54, 1.807) is 12.1 Å². The summed E-state index contributed by atoms with van der Waals surface area (Å²) in [6.45, 7) is 3.55. The van der Waals surface area contributed by atoms with Gasteiger partial charge >= 0.3 is 6.18 Å². The molecule has 2 aromatic rings. The van der Waals surface area contributed by atoms with Crippen molar-refractivity contribution in [1.82, 2.24) is 20.0 Å². The van der Waals surface area contributed by atoms with Gasteiger partial charge in [-0.3, -0.25) is 4.68 Å². The van der Waals surface area contributed by atoms with Crippen LogP contribution in [0.2, 0.25) is 0 Å². The van der Waals surface area contributed by atoms with Crippen LogP contribution >= 0.6 is 0 Å². The lowest BCUT2D eigenvalue weighted by Gasteiger charge is -2.21. The van der Waals surface area contributed by atoms with E-state index in [9.17, 15) is 13.2 Å². The molecule has 2 heterocycles. The van der Waals surface area contributed by atoms with Gasteiger partial charge in [-0.1, -0.05) is 12.1 Å². The highest BCUT2D eigenvalue weighted by atomic mass is 19.4. The van der Waals surface area contributed by atoms with Gasteiger partial charge in [-0.15, -0.1) is 0 Å². The largest absolute Gasteiger partial charge is 0.484 e. The first-order valence-corrected chi connectivity index (χ1v) is 9.64. The molecule has 158 valence electrons. The molecule has 1 fully saturated rings. The summed E-state index contributed by atoms with van der Waals surface area (Å²) in [6, 6.07) is 6.62. The van der Waals surface area contributed by atoms with Crippen LogP contribution in [0.15, 0.2) is 41.7 Å². The van der Waals surface area contributed by atoms with E-state index in [1.165, 1.54) is 11.6 Å². The Morgan fingerprint density at radius 2 is 2.21 bits per heavy atom. The predicted octanol–water partition coefficient (Wildman–Crippen LogP) is 3.32. The van der Waals surface area contributed by atoms with Crippen LogP contribution in [0.25, 0.3) is 0 Å². The number of alkyl halides is 3. The highest BCUT2D eigenvalue weighted by Crippen LogP contribution is 2.27. The van der Waals surface area contributed by atoms with Crippen LogP contribution in [0.4, 0.5) is 13.2 Å². The molecule has 6 nitrogen and oxygen atoms in total. The number of aromatic nitrogens is 2. The first kappa shape index (κ1) is 21.0. The lowest BCUT2D eigenvalue weighted by atomic mass is 10.0. The Kier molecular flexibility index (Phi) is 6.66. The molecule has 1 unspecified atom stereocenters. The molecule has 0 amide bonds. The average molecular weight is 409 g/mol. The fraction of sp³-hybridized carbons (Fsp3) is 0.500. The van der Waals surface area contributed by atoms with Crippen molar-refractivity contribution in [2.75, 3.05) is 26.2 Å². The summed E-state index contributed by atoms with van der Waals surface area (Å²) in [5.74, 6) is 1.41. The molecular formula is C20H26F3N5O. The Labute approximate surface area is 168 Å². The van der Waals surface area contributed by atoms with Gasteiger partial charge in [0.2, 0.25) is 0 Å². The number of nitrogens with one attached hydrogen (secondary N) is 1. The summed E-state index contributed by atoms with van der Waals surface area (Å²) in [5, 5.41) is 7.56. The highest BCUT2D eigenvalue weighted by Gasteiger charge is 2.28. The molecule has 3 rings (SSSR count). The lowest BCUT2D eigenvalue weighted by Crippen LogP contribution is -2.40. The minimum Gasteiger partial charge on any atom is -0.484 e. The summed E-state index contributed by atoms with van der Waals surface area (Å²) in [5.41, 5.74) is 2.02. The van der Waals surface area contributed by atoms with Crippen LogP contribution in [0, 0.1) is 0 Å². The Morgan fingerprint density at radius 1 is 1.38 bits per heavy atom. The smallest absolute Gasteiger partial charge is 0.422 e. The number of guanidine groups is 1. The minimum atomic E-state index is -4.35. The molecular weight excluding hydrogens is 383 g/mol. The summed E-state index contributed by atoms with van der Waals surface area (Å²) < 4.78 is 43.7. The molecule has 29 heavy (non-hydrogen) atoms. The quantitative estimate of drug-likeness (QED) is 0.588. The Hall–Kier alpha value is -2.71. The molecule has 1 N–H and O–H groups in total. The van der Waals surface area contributed by atoms with Crippen molar-refractivity contribution in [3.63, 3.8) is 0 Å². The molecule has 0 saturated carbocycles. The molecule has 1 aromatic carbocycles. The number of benzene rings is 1. The summed E-state index contributed by atoms with van der Waals surface area (Å²) >= 11 is 0. The van der Waals surface area contributed by atoms with E-state index in [-0.39, 0.29) is 5.75 Å². The molecule has 1 atom stereocenters. The SMILES string of the molecule is CCNC(=NCc1cccc(OCC(F)(F)F)c1)N1CCC(c2cnn(C)c2)C1. The van der Waals surface area contributed by atoms with E-state index in [4.69, 9.17) is 4.74 Å². The maximum atomic E-state index is 12.3. The summed E-state index contributed by atoms with van der Waals surface area (Å²) in [6.07, 6.45) is 0.624. The second kappa shape index (κ2) is 9.19. The fourth-order valence-corrected chi connectivity index (χ4v) is 3.37. The lowest BCUT2D eigenvalue weighted by molar-refractivity contribution is -0.153. The van der Waals surface area contributed by atoms with E-state index in [2.05, 4.69) is 20.3 Å². The number of aliphatic imine (C=N–C) groups is 1. The number of hydrogen-bond acceptors (Lipinski definition) is 3. The van der Waals surface area contributed by atoms with Crippen molar-refractivity contribution >= 4 is 5.96 Å². The predicted molar refractivity (Wildman–Crippen MR) is 105 cm³/mol. The van der Waals surface area contributed by atoms with E-state index in [0.29, 0.717) is 12.5 Å². The molecule has 1 saturated heterocycles. The van der Waals surface area contributed by atoms with E-state index >= 15 is 0 Å². The van der Waals surface area contributed by atoms with Crippen LogP contribution in [-0.2, 0) is 13.6 Å². The van der Waals surface area contributed by atoms with E-state index in [0.717, 1.165) is 37.6 Å². The summed E-state index contributed by atoms with van der Waals surface area (Å²) in [4.78, 5) is 6.90. The second-order valence-corrected chi connectivity index (χ2v) is 7.10. The number of halogens is 3. The fourth-order valence-electron chi connectivity index (χ4n) is 3.37. The average Bonchev–Trinajstić information content (AvgIpc) is 3.32. The van der Waals surface area contributed by atoms with E-state index in [1.807, 2.05) is 37.1 Å². The topological polar surface area (TPSA) is 54.7 Å². The van der Waals surface area contributed by atoms with Crippen molar-refractivity contribution in [2.24, 2.45) is 12.0 Å². The Bertz CT molecular complexity index is 834. The zero-order chi connectivity index (χ0) is 20.9.